The molecule has 104 valence electrons. The van der Waals surface area contributed by atoms with E-state index < -0.39 is 0 Å². The van der Waals surface area contributed by atoms with Crippen LogP contribution in [-0.4, -0.2) is 16.7 Å². The largest absolute Gasteiger partial charge is 0.337 e. The number of hydrogen-bond acceptors (Lipinski definition) is 4. The van der Waals surface area contributed by atoms with Gasteiger partial charge in [0, 0.05) is 0 Å². The van der Waals surface area contributed by atoms with E-state index in [9.17, 15) is 0 Å². The third-order valence-corrected chi connectivity index (χ3v) is 4.77. The van der Waals surface area contributed by atoms with Crippen molar-refractivity contribution in [3.05, 3.63) is 47.6 Å². The molecule has 2 aromatic rings. The monoisotopic (exact) mass is 269 g/mol. The first-order valence-electron chi connectivity index (χ1n) is 7.38. The number of nitrogens with one attached hydrogen (secondary N) is 1. The highest BCUT2D eigenvalue weighted by atomic mass is 16.5. The van der Waals surface area contributed by atoms with Crippen LogP contribution in [0, 0.1) is 0 Å². The molecule has 20 heavy (non-hydrogen) atoms. The predicted octanol–water partition coefficient (Wildman–Crippen LogP) is 2.75. The molecule has 2 heterocycles. The molecule has 2 fully saturated rings. The van der Waals surface area contributed by atoms with Crippen molar-refractivity contribution in [1.29, 1.82) is 0 Å². The maximum atomic E-state index is 5.58. The zero-order chi connectivity index (χ0) is 13.6. The Kier molecular flexibility index (Phi) is 2.51. The highest BCUT2D eigenvalue weighted by molar-refractivity contribution is 5.38. The fourth-order valence-electron chi connectivity index (χ4n) is 3.24. The number of benzene rings is 1. The summed E-state index contributed by atoms with van der Waals surface area (Å²) in [7, 11) is 0. The van der Waals surface area contributed by atoms with Crippen molar-refractivity contribution in [3.63, 3.8) is 0 Å². The Morgan fingerprint density at radius 3 is 2.60 bits per heavy atom. The Morgan fingerprint density at radius 1 is 1.15 bits per heavy atom. The van der Waals surface area contributed by atoms with Gasteiger partial charge in [-0.2, -0.15) is 4.98 Å². The average Bonchev–Trinajstić information content (AvgIpc) is 2.92. The third-order valence-electron chi connectivity index (χ3n) is 4.77. The molecule has 1 saturated carbocycles. The Morgan fingerprint density at radius 2 is 1.95 bits per heavy atom. The van der Waals surface area contributed by atoms with Crippen LogP contribution in [0.15, 0.2) is 34.9 Å². The highest BCUT2D eigenvalue weighted by Crippen LogP contribution is 2.52. The van der Waals surface area contributed by atoms with Crippen molar-refractivity contribution in [3.8, 4) is 0 Å². The normalized spacial score (nSPS) is 27.6. The van der Waals surface area contributed by atoms with Gasteiger partial charge in [0.15, 0.2) is 5.82 Å². The zero-order valence-corrected chi connectivity index (χ0v) is 11.7. The Hall–Kier alpha value is -1.68. The lowest BCUT2D eigenvalue weighted by Crippen LogP contribution is -2.33. The minimum atomic E-state index is -0.141. The summed E-state index contributed by atoms with van der Waals surface area (Å²) in [5.41, 5.74) is 1.16. The van der Waals surface area contributed by atoms with Crippen LogP contribution in [0.5, 0.6) is 0 Å². The zero-order valence-electron chi connectivity index (χ0n) is 11.7. The topological polar surface area (TPSA) is 51.0 Å². The van der Waals surface area contributed by atoms with Crippen LogP contribution >= 0.6 is 0 Å². The van der Waals surface area contributed by atoms with Crippen LogP contribution in [0.1, 0.15) is 49.9 Å². The molecule has 1 atom stereocenters. The van der Waals surface area contributed by atoms with E-state index in [0.717, 1.165) is 43.9 Å². The molecule has 1 N–H and O–H groups in total. The molecule has 0 amide bonds. The lowest BCUT2D eigenvalue weighted by molar-refractivity contribution is 0.274. The molecule has 4 nitrogen and oxygen atoms in total. The second-order valence-electron chi connectivity index (χ2n) is 6.23. The van der Waals surface area contributed by atoms with Crippen LogP contribution in [0.3, 0.4) is 0 Å². The highest BCUT2D eigenvalue weighted by Gasteiger charge is 2.50. The third kappa shape index (κ3) is 1.71. The van der Waals surface area contributed by atoms with Gasteiger partial charge in [-0.25, -0.2) is 0 Å². The number of rotatable bonds is 3. The van der Waals surface area contributed by atoms with Crippen LogP contribution in [0.4, 0.5) is 0 Å². The molecule has 2 aliphatic rings. The van der Waals surface area contributed by atoms with Crippen molar-refractivity contribution in [2.24, 2.45) is 0 Å². The summed E-state index contributed by atoms with van der Waals surface area (Å²) in [6, 6.07) is 10.5. The lowest BCUT2D eigenvalue weighted by Gasteiger charge is -2.18. The first-order valence-corrected chi connectivity index (χ1v) is 7.38. The minimum Gasteiger partial charge on any atom is -0.337 e. The summed E-state index contributed by atoms with van der Waals surface area (Å²) in [6.45, 7) is 3.18. The van der Waals surface area contributed by atoms with E-state index >= 15 is 0 Å². The van der Waals surface area contributed by atoms with E-state index in [1.807, 2.05) is 6.07 Å². The number of hydrogen-bond donors (Lipinski definition) is 1. The van der Waals surface area contributed by atoms with Gasteiger partial charge in [0.05, 0.1) is 11.0 Å². The molecule has 4 rings (SSSR count). The van der Waals surface area contributed by atoms with Crippen LogP contribution in [0.2, 0.25) is 0 Å². The maximum absolute atomic E-state index is 5.58. The molecule has 1 aromatic carbocycles. The summed E-state index contributed by atoms with van der Waals surface area (Å²) < 4.78 is 5.58. The van der Waals surface area contributed by atoms with Gasteiger partial charge in [0.25, 0.3) is 0 Å². The first kappa shape index (κ1) is 12.1. The smallest absolute Gasteiger partial charge is 0.246 e. The lowest BCUT2D eigenvalue weighted by atomic mass is 9.95. The van der Waals surface area contributed by atoms with Crippen LogP contribution in [-0.2, 0) is 11.0 Å². The van der Waals surface area contributed by atoms with Crippen molar-refractivity contribution >= 4 is 0 Å². The van der Waals surface area contributed by atoms with Gasteiger partial charge in [-0.3, -0.25) is 0 Å². The fraction of sp³-hybridized carbons (Fsp3) is 0.500. The van der Waals surface area contributed by atoms with Gasteiger partial charge >= 0.3 is 0 Å². The van der Waals surface area contributed by atoms with E-state index in [1.165, 1.54) is 5.56 Å². The van der Waals surface area contributed by atoms with Gasteiger partial charge in [0.2, 0.25) is 5.89 Å². The van der Waals surface area contributed by atoms with Crippen molar-refractivity contribution < 1.29 is 4.52 Å². The summed E-state index contributed by atoms with van der Waals surface area (Å²) in [5.74, 6) is 1.60. The minimum absolute atomic E-state index is 0.00201. The SMILES string of the molecule is CC1(c2nc(C3(c4ccccc4)CC3)no2)CCCN1. The van der Waals surface area contributed by atoms with Crippen molar-refractivity contribution in [2.75, 3.05) is 6.54 Å². The first-order chi connectivity index (χ1) is 9.73. The molecule has 1 aliphatic carbocycles. The van der Waals surface area contributed by atoms with E-state index in [-0.39, 0.29) is 11.0 Å². The van der Waals surface area contributed by atoms with Gasteiger partial charge in [-0.05, 0) is 44.7 Å². The van der Waals surface area contributed by atoms with Gasteiger partial charge in [-0.1, -0.05) is 35.5 Å². The maximum Gasteiger partial charge on any atom is 0.246 e. The van der Waals surface area contributed by atoms with Crippen LogP contribution in [0.25, 0.3) is 0 Å². The standard InChI is InChI=1S/C16H19N3O/c1-15(8-5-11-17-15)14-18-13(19-20-14)16(9-10-16)12-6-3-2-4-7-12/h2-4,6-7,17H,5,8-11H2,1H3. The predicted molar refractivity (Wildman–Crippen MR) is 75.3 cm³/mol. The second-order valence-corrected chi connectivity index (χ2v) is 6.23. The number of nitrogens with zero attached hydrogens (tertiary/aromatic N) is 2. The number of aromatic nitrogens is 2. The summed E-state index contributed by atoms with van der Waals surface area (Å²) in [6.07, 6.45) is 4.45. The van der Waals surface area contributed by atoms with Crippen molar-refractivity contribution in [2.45, 2.75) is 43.6 Å². The van der Waals surface area contributed by atoms with Crippen LogP contribution < -0.4 is 5.32 Å². The summed E-state index contributed by atoms with van der Waals surface area (Å²) in [5, 5.41) is 7.77. The van der Waals surface area contributed by atoms with Gasteiger partial charge in [0.1, 0.15) is 0 Å². The van der Waals surface area contributed by atoms with E-state index in [2.05, 4.69) is 41.7 Å². The van der Waals surface area contributed by atoms with Gasteiger partial charge < -0.3 is 9.84 Å². The Labute approximate surface area is 118 Å². The molecular formula is C16H19N3O. The summed E-state index contributed by atoms with van der Waals surface area (Å²) in [4.78, 5) is 4.73. The second kappa shape index (κ2) is 4.16. The van der Waals surface area contributed by atoms with E-state index in [0.29, 0.717) is 0 Å². The molecule has 1 aliphatic heterocycles. The fourth-order valence-corrected chi connectivity index (χ4v) is 3.24. The quantitative estimate of drug-likeness (QED) is 0.931. The average molecular weight is 269 g/mol. The van der Waals surface area contributed by atoms with E-state index in [4.69, 9.17) is 9.51 Å². The van der Waals surface area contributed by atoms with E-state index in [1.54, 1.807) is 0 Å². The molecule has 0 bridgehead atoms. The van der Waals surface area contributed by atoms with Gasteiger partial charge in [-0.15, -0.1) is 0 Å². The van der Waals surface area contributed by atoms with Crippen molar-refractivity contribution in [1.82, 2.24) is 15.5 Å². The molecule has 0 radical (unpaired) electrons. The molecule has 1 aromatic heterocycles. The summed E-state index contributed by atoms with van der Waals surface area (Å²) >= 11 is 0. The molecule has 1 saturated heterocycles. The molecule has 0 spiro atoms. The Bertz CT molecular complexity index is 610. The molecule has 1 unspecified atom stereocenters. The molecule has 4 heteroatoms. The molecular weight excluding hydrogens is 250 g/mol. The Balaban J connectivity index is 1.69.